The minimum Gasteiger partial charge on any atom is -0.385 e. The molecule has 1 heterocycles. The van der Waals surface area contributed by atoms with Crippen LogP contribution in [0.15, 0.2) is 36.0 Å². The molecule has 0 aromatic heterocycles. The van der Waals surface area contributed by atoms with Crippen LogP contribution in [-0.4, -0.2) is 26.3 Å². The molecule has 4 aliphatic carbocycles. The molecule has 5 aliphatic rings. The minimum atomic E-state index is -0.682. The van der Waals surface area contributed by atoms with Crippen molar-refractivity contribution in [2.45, 2.75) is 81.3 Å². The lowest BCUT2D eigenvalue weighted by atomic mass is 9.47. The summed E-state index contributed by atoms with van der Waals surface area (Å²) >= 11 is 4.39. The van der Waals surface area contributed by atoms with Gasteiger partial charge in [0, 0.05) is 16.9 Å². The van der Waals surface area contributed by atoms with E-state index in [2.05, 4.69) is 50.0 Å². The lowest BCUT2D eigenvalue weighted by Gasteiger charge is -2.58. The van der Waals surface area contributed by atoms with Crippen LogP contribution in [0, 0.1) is 29.1 Å². The molecule has 1 nitrogen and oxygen atoms in total. The van der Waals surface area contributed by atoms with Gasteiger partial charge < -0.3 is 5.11 Å². The summed E-state index contributed by atoms with van der Waals surface area (Å²) in [5.41, 5.74) is 3.58. The zero-order valence-electron chi connectivity index (χ0n) is 18.3. The largest absolute Gasteiger partial charge is 0.385 e. The zero-order valence-corrected chi connectivity index (χ0v) is 20.0. The molecule has 6 unspecified atom stereocenters. The molecule has 0 radical (unpaired) electrons. The van der Waals surface area contributed by atoms with Gasteiger partial charge in [-0.25, -0.2) is 0 Å². The fourth-order valence-corrected chi connectivity index (χ4v) is 11.5. The Morgan fingerprint density at radius 2 is 1.93 bits per heavy atom. The standard InChI is InChI=1S/C26H38OS2/c1-5-18(4)26(27)12-10-22-21-8-7-19-16-25(28-13-14-29-25)11-9-20(19)23(21)17(3)15-24(22,26)6-2/h16,20-23,27H,3-15H2,1-2H3. The van der Waals surface area contributed by atoms with E-state index in [0.29, 0.717) is 15.9 Å². The Hall–Kier alpha value is -0.120. The highest BCUT2D eigenvalue weighted by molar-refractivity contribution is 8.21. The highest BCUT2D eigenvalue weighted by Gasteiger charge is 2.65. The van der Waals surface area contributed by atoms with Crippen LogP contribution in [0.5, 0.6) is 0 Å². The Balaban J connectivity index is 1.48. The Bertz CT molecular complexity index is 748. The van der Waals surface area contributed by atoms with Crippen LogP contribution < -0.4 is 0 Å². The van der Waals surface area contributed by atoms with E-state index in [1.54, 1.807) is 5.57 Å². The van der Waals surface area contributed by atoms with Crippen LogP contribution in [0.3, 0.4) is 0 Å². The highest BCUT2D eigenvalue weighted by Crippen LogP contribution is 2.69. The summed E-state index contributed by atoms with van der Waals surface area (Å²) in [6.45, 7) is 13.5. The van der Waals surface area contributed by atoms with Gasteiger partial charge in [-0.15, -0.1) is 23.5 Å². The molecule has 0 aromatic carbocycles. The maximum absolute atomic E-state index is 11.9. The molecule has 0 bridgehead atoms. The fraction of sp³-hybridized carbons (Fsp3) is 0.769. The molecule has 29 heavy (non-hydrogen) atoms. The molecule has 4 fully saturated rings. The van der Waals surface area contributed by atoms with Gasteiger partial charge in [0.2, 0.25) is 0 Å². The summed E-state index contributed by atoms with van der Waals surface area (Å²) in [6.07, 6.45) is 13.0. The monoisotopic (exact) mass is 430 g/mol. The van der Waals surface area contributed by atoms with E-state index in [1.165, 1.54) is 49.2 Å². The third kappa shape index (κ3) is 2.79. The van der Waals surface area contributed by atoms with Crippen molar-refractivity contribution in [3.05, 3.63) is 36.0 Å². The van der Waals surface area contributed by atoms with Gasteiger partial charge in [-0.1, -0.05) is 44.2 Å². The second-order valence-corrected chi connectivity index (χ2v) is 13.5. The van der Waals surface area contributed by atoms with E-state index in [9.17, 15) is 5.11 Å². The van der Waals surface area contributed by atoms with E-state index >= 15 is 0 Å². The van der Waals surface area contributed by atoms with Gasteiger partial charge in [-0.05, 0) is 87.0 Å². The number of allylic oxidation sites excluding steroid dienone is 2. The van der Waals surface area contributed by atoms with Gasteiger partial charge in [0.05, 0.1) is 9.68 Å². The second kappa shape index (κ2) is 7.20. The predicted octanol–water partition coefficient (Wildman–Crippen LogP) is 6.99. The second-order valence-electron chi connectivity index (χ2n) is 10.4. The van der Waals surface area contributed by atoms with Crippen molar-refractivity contribution >= 4 is 23.5 Å². The maximum Gasteiger partial charge on any atom is 0.0915 e. The average Bonchev–Trinajstić information content (AvgIpc) is 3.30. The van der Waals surface area contributed by atoms with Gasteiger partial charge in [-0.3, -0.25) is 0 Å². The molecular weight excluding hydrogens is 392 g/mol. The van der Waals surface area contributed by atoms with E-state index in [0.717, 1.165) is 43.1 Å². The van der Waals surface area contributed by atoms with Crippen LogP contribution in [0.1, 0.15) is 71.6 Å². The molecule has 6 atom stereocenters. The van der Waals surface area contributed by atoms with Crippen LogP contribution >= 0.6 is 23.5 Å². The van der Waals surface area contributed by atoms with Crippen LogP contribution in [0.2, 0.25) is 0 Å². The molecule has 0 aromatic rings. The Morgan fingerprint density at radius 3 is 2.62 bits per heavy atom. The van der Waals surface area contributed by atoms with Gasteiger partial charge in [0.1, 0.15) is 0 Å². The fourth-order valence-electron chi connectivity index (χ4n) is 8.34. The number of aliphatic hydroxyl groups is 1. The number of rotatable bonds is 3. The molecule has 3 saturated carbocycles. The van der Waals surface area contributed by atoms with Crippen molar-refractivity contribution in [1.29, 1.82) is 0 Å². The Kier molecular flexibility index (Phi) is 5.16. The van der Waals surface area contributed by atoms with Gasteiger partial charge in [0.25, 0.3) is 0 Å². The van der Waals surface area contributed by atoms with E-state index in [-0.39, 0.29) is 5.41 Å². The lowest BCUT2D eigenvalue weighted by Crippen LogP contribution is -2.55. The van der Waals surface area contributed by atoms with Gasteiger partial charge in [0.15, 0.2) is 0 Å². The Labute approximate surface area is 186 Å². The normalized spacial score (nSPS) is 45.5. The first kappa shape index (κ1) is 20.8. The highest BCUT2D eigenvalue weighted by atomic mass is 32.2. The smallest absolute Gasteiger partial charge is 0.0915 e. The molecule has 1 saturated heterocycles. The van der Waals surface area contributed by atoms with Crippen molar-refractivity contribution in [3.63, 3.8) is 0 Å². The summed E-state index contributed by atoms with van der Waals surface area (Å²) < 4.78 is 0.397. The molecule has 1 spiro atoms. The van der Waals surface area contributed by atoms with Crippen molar-refractivity contribution in [2.75, 3.05) is 11.5 Å². The van der Waals surface area contributed by atoms with E-state index < -0.39 is 5.60 Å². The molecule has 5 rings (SSSR count). The molecular formula is C26H38OS2. The Morgan fingerprint density at radius 1 is 1.17 bits per heavy atom. The quantitative estimate of drug-likeness (QED) is 0.487. The molecule has 3 heteroatoms. The first-order valence-electron chi connectivity index (χ1n) is 12.0. The number of hydrogen-bond donors (Lipinski definition) is 1. The van der Waals surface area contributed by atoms with Gasteiger partial charge in [-0.2, -0.15) is 0 Å². The van der Waals surface area contributed by atoms with Crippen LogP contribution in [-0.2, 0) is 0 Å². The summed E-state index contributed by atoms with van der Waals surface area (Å²) in [6, 6.07) is 0. The van der Waals surface area contributed by atoms with E-state index in [1.807, 2.05) is 0 Å². The molecule has 1 N–H and O–H groups in total. The van der Waals surface area contributed by atoms with Crippen LogP contribution in [0.25, 0.3) is 0 Å². The molecule has 0 amide bonds. The summed E-state index contributed by atoms with van der Waals surface area (Å²) in [4.78, 5) is 0. The van der Waals surface area contributed by atoms with Gasteiger partial charge >= 0.3 is 0 Å². The predicted molar refractivity (Wildman–Crippen MR) is 128 cm³/mol. The summed E-state index contributed by atoms with van der Waals surface area (Å²) in [5.74, 6) is 5.38. The first-order valence-corrected chi connectivity index (χ1v) is 13.9. The zero-order chi connectivity index (χ0) is 20.4. The third-order valence-corrected chi connectivity index (χ3v) is 13.0. The summed E-state index contributed by atoms with van der Waals surface area (Å²) in [7, 11) is 0. The first-order chi connectivity index (χ1) is 13.9. The van der Waals surface area contributed by atoms with Crippen molar-refractivity contribution in [1.82, 2.24) is 0 Å². The molecule has 160 valence electrons. The van der Waals surface area contributed by atoms with Crippen LogP contribution in [0.4, 0.5) is 0 Å². The molecule has 1 aliphatic heterocycles. The van der Waals surface area contributed by atoms with Crippen molar-refractivity contribution in [2.24, 2.45) is 29.1 Å². The average molecular weight is 431 g/mol. The maximum atomic E-state index is 11.9. The summed E-state index contributed by atoms with van der Waals surface area (Å²) in [5, 5.41) is 11.9. The lowest BCUT2D eigenvalue weighted by molar-refractivity contribution is -0.0922. The number of hydrogen-bond acceptors (Lipinski definition) is 3. The third-order valence-electron chi connectivity index (χ3n) is 9.65. The van der Waals surface area contributed by atoms with Crippen molar-refractivity contribution in [3.8, 4) is 0 Å². The van der Waals surface area contributed by atoms with E-state index in [4.69, 9.17) is 6.58 Å². The SMILES string of the molecule is C=C1CC2(CC)C(CCC2(O)C(=C)CC)C2CCC3=CC4(CCC3C12)SCCS4. The number of fused-ring (bicyclic) bond motifs is 5. The topological polar surface area (TPSA) is 20.2 Å². The number of thioether (sulfide) groups is 2. The van der Waals surface area contributed by atoms with Crippen molar-refractivity contribution < 1.29 is 5.11 Å². The minimum absolute atomic E-state index is 0.0212.